The summed E-state index contributed by atoms with van der Waals surface area (Å²) in [6, 6.07) is 9.78. The molecule has 2 N–H and O–H groups in total. The van der Waals surface area contributed by atoms with Crippen molar-refractivity contribution in [1.29, 1.82) is 0 Å². The van der Waals surface area contributed by atoms with E-state index in [1.807, 2.05) is 69.3 Å². The molecule has 0 aliphatic rings. The topological polar surface area (TPSA) is 63.5 Å². The highest BCUT2D eigenvalue weighted by Crippen LogP contribution is 2.29. The van der Waals surface area contributed by atoms with Crippen molar-refractivity contribution in [2.75, 3.05) is 6.61 Å². The van der Waals surface area contributed by atoms with Gasteiger partial charge in [0.05, 0.1) is 24.1 Å². The van der Waals surface area contributed by atoms with Crippen LogP contribution in [0.1, 0.15) is 51.2 Å². The minimum Gasteiger partial charge on any atom is -0.464 e. The first-order valence-corrected chi connectivity index (χ1v) is 11.9. The summed E-state index contributed by atoms with van der Waals surface area (Å²) < 4.78 is 11.0. The molecule has 0 aliphatic heterocycles. The SMILES string of the molecule is C=C/C=C\C(=C/C)NC(=S)N/C(=C(/CCCC)C(=O)OCC)c1cc(-c2ccco2)ccc1C. The molecular weight excluding hydrogens is 444 g/mol. The third-order valence-corrected chi connectivity index (χ3v) is 5.34. The van der Waals surface area contributed by atoms with Gasteiger partial charge in [-0.3, -0.25) is 0 Å². The second-order valence-electron chi connectivity index (χ2n) is 7.60. The number of hydrogen-bond acceptors (Lipinski definition) is 4. The number of furan rings is 1. The van der Waals surface area contributed by atoms with Crippen LogP contribution in [0.3, 0.4) is 0 Å². The highest BCUT2D eigenvalue weighted by Gasteiger charge is 2.21. The average molecular weight is 479 g/mol. The first kappa shape index (κ1) is 26.9. The molecule has 6 heteroatoms. The van der Waals surface area contributed by atoms with Gasteiger partial charge < -0.3 is 19.8 Å². The fraction of sp³-hybridized carbons (Fsp3) is 0.286. The Bertz CT molecular complexity index is 1080. The molecule has 1 aromatic carbocycles. The second kappa shape index (κ2) is 14.0. The van der Waals surface area contributed by atoms with E-state index in [2.05, 4.69) is 24.1 Å². The zero-order valence-corrected chi connectivity index (χ0v) is 21.3. The van der Waals surface area contributed by atoms with Crippen LogP contribution >= 0.6 is 12.2 Å². The van der Waals surface area contributed by atoms with Crippen molar-refractivity contribution in [3.8, 4) is 11.3 Å². The second-order valence-corrected chi connectivity index (χ2v) is 8.01. The van der Waals surface area contributed by atoms with E-state index in [1.54, 1.807) is 12.3 Å². The lowest BCUT2D eigenvalue weighted by molar-refractivity contribution is -0.138. The van der Waals surface area contributed by atoms with Crippen LogP contribution in [0.5, 0.6) is 0 Å². The number of thiocarbonyl (C=S) groups is 1. The van der Waals surface area contributed by atoms with Crippen LogP contribution in [0.25, 0.3) is 17.0 Å². The van der Waals surface area contributed by atoms with Gasteiger partial charge in [-0.1, -0.05) is 50.3 Å². The Hall–Kier alpha value is -3.38. The van der Waals surface area contributed by atoms with Crippen molar-refractivity contribution in [3.63, 3.8) is 0 Å². The highest BCUT2D eigenvalue weighted by atomic mass is 32.1. The fourth-order valence-corrected chi connectivity index (χ4v) is 3.57. The summed E-state index contributed by atoms with van der Waals surface area (Å²) in [5, 5.41) is 6.86. The molecule has 2 rings (SSSR count). The largest absolute Gasteiger partial charge is 0.464 e. The molecule has 0 unspecified atom stereocenters. The molecule has 0 atom stereocenters. The molecule has 0 saturated carbocycles. The van der Waals surface area contributed by atoms with Crippen molar-refractivity contribution in [2.24, 2.45) is 0 Å². The van der Waals surface area contributed by atoms with Crippen molar-refractivity contribution in [3.05, 3.63) is 89.9 Å². The number of ether oxygens (including phenoxy) is 1. The van der Waals surface area contributed by atoms with Gasteiger partial charge in [-0.05, 0) is 75.7 Å². The zero-order chi connectivity index (χ0) is 24.9. The van der Waals surface area contributed by atoms with Gasteiger partial charge in [0.1, 0.15) is 5.76 Å². The van der Waals surface area contributed by atoms with E-state index in [9.17, 15) is 4.79 Å². The Morgan fingerprint density at radius 2 is 2.03 bits per heavy atom. The zero-order valence-electron chi connectivity index (χ0n) is 20.4. The van der Waals surface area contributed by atoms with Crippen molar-refractivity contribution in [2.45, 2.75) is 47.0 Å². The number of unbranched alkanes of at least 4 members (excludes halogenated alkanes) is 1. The molecule has 0 aliphatic carbocycles. The van der Waals surface area contributed by atoms with Gasteiger partial charge in [0.2, 0.25) is 0 Å². The molecule has 1 aromatic heterocycles. The standard InChI is InChI=1S/C28H34N2O3S/c1-6-10-13-22(8-3)29-28(34)30-26(23(14-11-7-2)27(31)32-9-4)24-19-21(17-16-20(24)5)25-15-12-18-33-25/h6,8,10,12-13,15-19H,1,7,9,11,14H2,2-5H3,(H2,29,30,34)/b13-10-,22-8+,26-23-. The number of carbonyl (C=O) groups excluding carboxylic acids is 1. The maximum atomic E-state index is 13.1. The van der Waals surface area contributed by atoms with E-state index in [-0.39, 0.29) is 5.97 Å². The van der Waals surface area contributed by atoms with Gasteiger partial charge in [0.15, 0.2) is 5.11 Å². The number of esters is 1. The van der Waals surface area contributed by atoms with Gasteiger partial charge in [-0.25, -0.2) is 4.79 Å². The molecular formula is C28H34N2O3S. The van der Waals surface area contributed by atoms with Gasteiger partial charge in [-0.15, -0.1) is 0 Å². The van der Waals surface area contributed by atoms with Crippen molar-refractivity contribution in [1.82, 2.24) is 10.6 Å². The Balaban J connectivity index is 2.60. The van der Waals surface area contributed by atoms with E-state index in [0.29, 0.717) is 29.4 Å². The minimum atomic E-state index is -0.345. The molecule has 0 saturated heterocycles. The monoisotopic (exact) mass is 478 g/mol. The molecule has 34 heavy (non-hydrogen) atoms. The van der Waals surface area contributed by atoms with E-state index in [4.69, 9.17) is 21.4 Å². The lowest BCUT2D eigenvalue weighted by Gasteiger charge is -2.20. The molecule has 180 valence electrons. The number of nitrogens with one attached hydrogen (secondary N) is 2. The van der Waals surface area contributed by atoms with Crippen LogP contribution in [-0.2, 0) is 9.53 Å². The van der Waals surface area contributed by atoms with Gasteiger partial charge in [-0.2, -0.15) is 0 Å². The lowest BCUT2D eigenvalue weighted by atomic mass is 9.96. The Labute approximate surface area is 208 Å². The smallest absolute Gasteiger partial charge is 0.336 e. The molecule has 1 heterocycles. The third-order valence-electron chi connectivity index (χ3n) is 5.14. The van der Waals surface area contributed by atoms with Crippen LogP contribution in [-0.4, -0.2) is 17.7 Å². The minimum absolute atomic E-state index is 0.297. The normalized spacial score (nSPS) is 12.3. The number of benzene rings is 1. The molecule has 0 fully saturated rings. The van der Waals surface area contributed by atoms with Crippen LogP contribution < -0.4 is 10.6 Å². The predicted octanol–water partition coefficient (Wildman–Crippen LogP) is 6.83. The van der Waals surface area contributed by atoms with Crippen LogP contribution in [0.2, 0.25) is 0 Å². The average Bonchev–Trinajstić information content (AvgIpc) is 3.37. The van der Waals surface area contributed by atoms with Crippen molar-refractivity contribution < 1.29 is 13.9 Å². The Kier molecular flexibility index (Phi) is 11.1. The van der Waals surface area contributed by atoms with E-state index >= 15 is 0 Å². The molecule has 0 amide bonds. The number of carbonyl (C=O) groups is 1. The predicted molar refractivity (Wildman–Crippen MR) is 144 cm³/mol. The summed E-state index contributed by atoms with van der Waals surface area (Å²) in [7, 11) is 0. The summed E-state index contributed by atoms with van der Waals surface area (Å²) in [5.74, 6) is 0.403. The number of aryl methyl sites for hydroxylation is 1. The molecule has 2 aromatic rings. The number of allylic oxidation sites excluding steroid dienone is 4. The lowest BCUT2D eigenvalue weighted by Crippen LogP contribution is -2.34. The molecule has 0 radical (unpaired) electrons. The number of hydrogen-bond donors (Lipinski definition) is 2. The summed E-state index contributed by atoms with van der Waals surface area (Å²) in [6.45, 7) is 11.8. The summed E-state index contributed by atoms with van der Waals surface area (Å²) in [5.41, 5.74) is 4.78. The Morgan fingerprint density at radius 1 is 1.24 bits per heavy atom. The van der Waals surface area contributed by atoms with Gasteiger partial charge >= 0.3 is 5.97 Å². The summed E-state index contributed by atoms with van der Waals surface area (Å²) >= 11 is 5.63. The molecule has 5 nitrogen and oxygen atoms in total. The van der Waals surface area contributed by atoms with E-state index < -0.39 is 0 Å². The third kappa shape index (κ3) is 7.59. The first-order chi connectivity index (χ1) is 16.4. The molecule has 0 bridgehead atoms. The summed E-state index contributed by atoms with van der Waals surface area (Å²) in [4.78, 5) is 13.1. The van der Waals surface area contributed by atoms with Crippen LogP contribution in [0.4, 0.5) is 0 Å². The van der Waals surface area contributed by atoms with Crippen LogP contribution in [0.15, 0.2) is 83.2 Å². The Morgan fingerprint density at radius 3 is 2.65 bits per heavy atom. The summed E-state index contributed by atoms with van der Waals surface area (Å²) in [6.07, 6.45) is 11.3. The quantitative estimate of drug-likeness (QED) is 0.160. The van der Waals surface area contributed by atoms with Crippen molar-refractivity contribution >= 4 is 29.0 Å². The van der Waals surface area contributed by atoms with Gasteiger partial charge in [0, 0.05) is 16.8 Å². The highest BCUT2D eigenvalue weighted by molar-refractivity contribution is 7.80. The number of rotatable bonds is 11. The van der Waals surface area contributed by atoms with Gasteiger partial charge in [0.25, 0.3) is 0 Å². The van der Waals surface area contributed by atoms with E-state index in [0.717, 1.165) is 41.0 Å². The fourth-order valence-electron chi connectivity index (χ4n) is 3.35. The van der Waals surface area contributed by atoms with E-state index in [1.165, 1.54) is 0 Å². The molecule has 0 spiro atoms. The van der Waals surface area contributed by atoms with Crippen LogP contribution in [0, 0.1) is 6.92 Å². The first-order valence-electron chi connectivity index (χ1n) is 11.5. The maximum absolute atomic E-state index is 13.1. The maximum Gasteiger partial charge on any atom is 0.336 e.